The number of aromatic nitrogens is 2. The largest absolute Gasteiger partial charge is 0.370 e. The van der Waals surface area contributed by atoms with Crippen molar-refractivity contribution < 1.29 is 4.39 Å². The van der Waals surface area contributed by atoms with Crippen LogP contribution in [0.4, 0.5) is 21.7 Å². The van der Waals surface area contributed by atoms with Crippen molar-refractivity contribution in [3.05, 3.63) is 40.9 Å². The summed E-state index contributed by atoms with van der Waals surface area (Å²) in [5.74, 6) is 1.58. The highest BCUT2D eigenvalue weighted by Gasteiger charge is 2.04. The molecule has 0 fully saturated rings. The van der Waals surface area contributed by atoms with Crippen molar-refractivity contribution in [2.75, 3.05) is 17.2 Å². The molecule has 4 nitrogen and oxygen atoms in total. The number of nitrogens with one attached hydrogen (secondary N) is 2. The standard InChI is InChI=1S/C14H16ClFN4/c1-3-4-17-13-8-14(19-9(2)18-13)20-12-6-10(15)5-11(16)7-12/h5-8H,3-4H2,1-2H3,(H2,17,18,19,20). The highest BCUT2D eigenvalue weighted by molar-refractivity contribution is 6.30. The van der Waals surface area contributed by atoms with Crippen LogP contribution in [0.5, 0.6) is 0 Å². The third kappa shape index (κ3) is 4.06. The Labute approximate surface area is 122 Å². The van der Waals surface area contributed by atoms with Gasteiger partial charge in [0.25, 0.3) is 0 Å². The van der Waals surface area contributed by atoms with Gasteiger partial charge in [-0.3, -0.25) is 0 Å². The fraction of sp³-hybridized carbons (Fsp3) is 0.286. The maximum Gasteiger partial charge on any atom is 0.136 e. The molecule has 2 aromatic rings. The second-order valence-corrected chi connectivity index (χ2v) is 4.83. The summed E-state index contributed by atoms with van der Waals surface area (Å²) in [4.78, 5) is 8.55. The van der Waals surface area contributed by atoms with E-state index in [4.69, 9.17) is 11.6 Å². The van der Waals surface area contributed by atoms with Crippen molar-refractivity contribution in [2.24, 2.45) is 0 Å². The maximum atomic E-state index is 13.3. The third-order valence-electron chi connectivity index (χ3n) is 2.53. The molecule has 0 saturated heterocycles. The van der Waals surface area contributed by atoms with E-state index in [0.29, 0.717) is 22.4 Å². The monoisotopic (exact) mass is 294 g/mol. The molecule has 0 aliphatic carbocycles. The van der Waals surface area contributed by atoms with E-state index in [0.717, 1.165) is 18.8 Å². The predicted octanol–water partition coefficient (Wildman–Crippen LogP) is 4.14. The zero-order valence-electron chi connectivity index (χ0n) is 11.4. The Hall–Kier alpha value is -1.88. The molecule has 1 aromatic heterocycles. The molecule has 0 radical (unpaired) electrons. The molecule has 1 heterocycles. The van der Waals surface area contributed by atoms with Gasteiger partial charge >= 0.3 is 0 Å². The van der Waals surface area contributed by atoms with E-state index in [-0.39, 0.29) is 0 Å². The van der Waals surface area contributed by atoms with E-state index in [9.17, 15) is 4.39 Å². The van der Waals surface area contributed by atoms with Crippen LogP contribution in [0.25, 0.3) is 0 Å². The second kappa shape index (κ2) is 6.52. The van der Waals surface area contributed by atoms with Gasteiger partial charge < -0.3 is 10.6 Å². The molecule has 0 spiro atoms. The number of hydrogen-bond acceptors (Lipinski definition) is 4. The van der Waals surface area contributed by atoms with E-state index in [1.165, 1.54) is 12.1 Å². The first-order chi connectivity index (χ1) is 9.56. The molecule has 0 saturated carbocycles. The number of nitrogens with zero attached hydrogens (tertiary/aromatic N) is 2. The number of hydrogen-bond donors (Lipinski definition) is 2. The lowest BCUT2D eigenvalue weighted by molar-refractivity contribution is 0.628. The molecular formula is C14H16ClFN4. The van der Waals surface area contributed by atoms with Crippen molar-refractivity contribution >= 4 is 28.9 Å². The summed E-state index contributed by atoms with van der Waals surface area (Å²) in [6.45, 7) is 4.72. The van der Waals surface area contributed by atoms with Gasteiger partial charge in [0, 0.05) is 23.3 Å². The van der Waals surface area contributed by atoms with Crippen LogP contribution in [0, 0.1) is 12.7 Å². The normalized spacial score (nSPS) is 10.4. The van der Waals surface area contributed by atoms with E-state index >= 15 is 0 Å². The highest BCUT2D eigenvalue weighted by Crippen LogP contribution is 2.22. The van der Waals surface area contributed by atoms with Gasteiger partial charge in [-0.25, -0.2) is 14.4 Å². The van der Waals surface area contributed by atoms with Gasteiger partial charge in [0.1, 0.15) is 23.3 Å². The van der Waals surface area contributed by atoms with Crippen LogP contribution in [0.2, 0.25) is 5.02 Å². The minimum atomic E-state index is -0.393. The number of benzene rings is 1. The van der Waals surface area contributed by atoms with Gasteiger partial charge in [-0.05, 0) is 31.5 Å². The zero-order chi connectivity index (χ0) is 14.5. The summed E-state index contributed by atoms with van der Waals surface area (Å²) in [6.07, 6.45) is 1.01. The zero-order valence-corrected chi connectivity index (χ0v) is 12.1. The minimum Gasteiger partial charge on any atom is -0.370 e. The molecule has 0 atom stereocenters. The van der Waals surface area contributed by atoms with Crippen molar-refractivity contribution in [3.63, 3.8) is 0 Å². The number of aryl methyl sites for hydroxylation is 1. The topological polar surface area (TPSA) is 49.8 Å². The lowest BCUT2D eigenvalue weighted by Gasteiger charge is -2.10. The van der Waals surface area contributed by atoms with Gasteiger partial charge in [0.05, 0.1) is 0 Å². The smallest absolute Gasteiger partial charge is 0.136 e. The van der Waals surface area contributed by atoms with Gasteiger partial charge in [-0.1, -0.05) is 18.5 Å². The lowest BCUT2D eigenvalue weighted by Crippen LogP contribution is -2.05. The Morgan fingerprint density at radius 2 is 1.90 bits per heavy atom. The van der Waals surface area contributed by atoms with E-state index < -0.39 is 5.82 Å². The Morgan fingerprint density at radius 3 is 2.60 bits per heavy atom. The van der Waals surface area contributed by atoms with Crippen LogP contribution in [-0.2, 0) is 0 Å². The molecule has 6 heteroatoms. The van der Waals surface area contributed by atoms with Crippen molar-refractivity contribution in [1.29, 1.82) is 0 Å². The number of halogens is 2. The highest BCUT2D eigenvalue weighted by atomic mass is 35.5. The minimum absolute atomic E-state index is 0.336. The van der Waals surface area contributed by atoms with Gasteiger partial charge in [0.2, 0.25) is 0 Å². The van der Waals surface area contributed by atoms with Crippen LogP contribution in [0.1, 0.15) is 19.2 Å². The lowest BCUT2D eigenvalue weighted by atomic mass is 10.3. The molecule has 20 heavy (non-hydrogen) atoms. The summed E-state index contributed by atoms with van der Waals surface area (Å²) in [6, 6.07) is 6.04. The first kappa shape index (κ1) is 14.5. The van der Waals surface area contributed by atoms with Crippen molar-refractivity contribution in [1.82, 2.24) is 9.97 Å². The Morgan fingerprint density at radius 1 is 1.15 bits per heavy atom. The van der Waals surface area contributed by atoms with E-state index in [1.54, 1.807) is 19.1 Å². The first-order valence-electron chi connectivity index (χ1n) is 6.39. The van der Waals surface area contributed by atoms with Crippen LogP contribution in [0.15, 0.2) is 24.3 Å². The molecule has 0 bridgehead atoms. The molecule has 1 aromatic carbocycles. The summed E-state index contributed by atoms with van der Waals surface area (Å²) < 4.78 is 13.3. The van der Waals surface area contributed by atoms with Crippen LogP contribution >= 0.6 is 11.6 Å². The number of rotatable bonds is 5. The second-order valence-electron chi connectivity index (χ2n) is 4.40. The van der Waals surface area contributed by atoms with Crippen LogP contribution in [-0.4, -0.2) is 16.5 Å². The quantitative estimate of drug-likeness (QED) is 0.870. The molecule has 106 valence electrons. The van der Waals surface area contributed by atoms with Gasteiger partial charge in [-0.2, -0.15) is 0 Å². The Balaban J connectivity index is 2.21. The van der Waals surface area contributed by atoms with Crippen molar-refractivity contribution in [2.45, 2.75) is 20.3 Å². The molecule has 0 aliphatic heterocycles. The molecule has 0 unspecified atom stereocenters. The summed E-state index contributed by atoms with van der Waals surface area (Å²) >= 11 is 5.82. The van der Waals surface area contributed by atoms with E-state index in [1.807, 2.05) is 0 Å². The molecule has 2 N–H and O–H groups in total. The van der Waals surface area contributed by atoms with Crippen molar-refractivity contribution in [3.8, 4) is 0 Å². The third-order valence-corrected chi connectivity index (χ3v) is 2.75. The molecule has 0 aliphatic rings. The first-order valence-corrected chi connectivity index (χ1v) is 6.77. The molecular weight excluding hydrogens is 279 g/mol. The Bertz CT molecular complexity index is 583. The van der Waals surface area contributed by atoms with Gasteiger partial charge in [-0.15, -0.1) is 0 Å². The molecule has 0 amide bonds. The summed E-state index contributed by atoms with van der Waals surface area (Å²) in [7, 11) is 0. The average Bonchev–Trinajstić information content (AvgIpc) is 2.34. The fourth-order valence-electron chi connectivity index (χ4n) is 1.75. The average molecular weight is 295 g/mol. The summed E-state index contributed by atoms with van der Waals surface area (Å²) in [5.41, 5.74) is 0.551. The SMILES string of the molecule is CCCNc1cc(Nc2cc(F)cc(Cl)c2)nc(C)n1. The molecule has 2 rings (SSSR count). The fourth-order valence-corrected chi connectivity index (χ4v) is 1.97. The van der Waals surface area contributed by atoms with Crippen LogP contribution < -0.4 is 10.6 Å². The maximum absolute atomic E-state index is 13.3. The van der Waals surface area contributed by atoms with Gasteiger partial charge in [0.15, 0.2) is 0 Å². The van der Waals surface area contributed by atoms with E-state index in [2.05, 4.69) is 27.5 Å². The summed E-state index contributed by atoms with van der Waals surface area (Å²) in [5, 5.41) is 6.56. The van der Waals surface area contributed by atoms with Crippen LogP contribution in [0.3, 0.4) is 0 Å². The Kier molecular flexibility index (Phi) is 4.74. The number of anilines is 3. The predicted molar refractivity (Wildman–Crippen MR) is 80.2 cm³/mol.